The number of nitrogens with one attached hydrogen (secondary N) is 1. The van der Waals surface area contributed by atoms with Gasteiger partial charge in [-0.3, -0.25) is 9.10 Å². The third kappa shape index (κ3) is 6.82. The third-order valence-corrected chi connectivity index (χ3v) is 6.69. The van der Waals surface area contributed by atoms with Crippen LogP contribution in [0.25, 0.3) is 0 Å². The minimum atomic E-state index is -3.63. The summed E-state index contributed by atoms with van der Waals surface area (Å²) in [6.07, 6.45) is 3.21. The van der Waals surface area contributed by atoms with Crippen molar-refractivity contribution in [3.63, 3.8) is 0 Å². The fourth-order valence-electron chi connectivity index (χ4n) is 3.68. The number of amides is 1. The second-order valence-electron chi connectivity index (χ2n) is 8.56. The molecule has 5 nitrogen and oxygen atoms in total. The Labute approximate surface area is 187 Å². The Balaban J connectivity index is 2.05. The number of hydrogen-bond donors (Lipinski definition) is 1. The molecule has 2 aromatic carbocycles. The Morgan fingerprint density at radius 2 is 1.71 bits per heavy atom. The molecule has 0 spiro atoms. The van der Waals surface area contributed by atoms with E-state index in [1.54, 1.807) is 0 Å². The van der Waals surface area contributed by atoms with Crippen molar-refractivity contribution in [2.45, 2.75) is 65.8 Å². The highest BCUT2D eigenvalue weighted by Crippen LogP contribution is 2.27. The molecule has 0 aliphatic heterocycles. The minimum Gasteiger partial charge on any atom is -0.354 e. The molecule has 0 aliphatic rings. The van der Waals surface area contributed by atoms with Crippen LogP contribution in [0.5, 0.6) is 0 Å². The van der Waals surface area contributed by atoms with E-state index >= 15 is 0 Å². The summed E-state index contributed by atoms with van der Waals surface area (Å²) in [5, 5.41) is 2.94. The van der Waals surface area contributed by atoms with Gasteiger partial charge >= 0.3 is 0 Å². The number of rotatable bonds is 10. The quantitative estimate of drug-likeness (QED) is 0.539. The van der Waals surface area contributed by atoms with Crippen molar-refractivity contribution < 1.29 is 13.2 Å². The number of sulfonamides is 1. The van der Waals surface area contributed by atoms with Crippen molar-refractivity contribution in [3.8, 4) is 0 Å². The van der Waals surface area contributed by atoms with Gasteiger partial charge in [-0.25, -0.2) is 8.42 Å². The second kappa shape index (κ2) is 10.8. The smallest absolute Gasteiger partial charge is 0.243 e. The average Bonchev–Trinajstić information content (AvgIpc) is 2.70. The number of benzene rings is 2. The Morgan fingerprint density at radius 1 is 1.06 bits per heavy atom. The normalized spacial score (nSPS) is 12.6. The number of nitrogens with zero attached hydrogens (tertiary/aromatic N) is 1. The van der Waals surface area contributed by atoms with Gasteiger partial charge in [0, 0.05) is 6.54 Å². The van der Waals surface area contributed by atoms with Gasteiger partial charge < -0.3 is 5.32 Å². The van der Waals surface area contributed by atoms with Crippen molar-refractivity contribution >= 4 is 21.6 Å². The van der Waals surface area contributed by atoms with Crippen LogP contribution in [0.3, 0.4) is 0 Å². The number of hydrogen-bond acceptors (Lipinski definition) is 3. The lowest BCUT2D eigenvalue weighted by molar-refractivity contribution is -0.122. The van der Waals surface area contributed by atoms with Crippen LogP contribution in [0, 0.1) is 13.8 Å². The van der Waals surface area contributed by atoms with Gasteiger partial charge in [0.25, 0.3) is 0 Å². The molecule has 0 radical (unpaired) electrons. The molecule has 0 unspecified atom stereocenters. The number of carbonyl (C=O) groups is 1. The van der Waals surface area contributed by atoms with Crippen LogP contribution in [0.15, 0.2) is 42.5 Å². The first-order chi connectivity index (χ1) is 14.5. The lowest BCUT2D eigenvalue weighted by atomic mass is 10.0. The first kappa shape index (κ1) is 24.9. The van der Waals surface area contributed by atoms with Gasteiger partial charge in [-0.15, -0.1) is 0 Å². The zero-order valence-corrected chi connectivity index (χ0v) is 20.4. The Bertz CT molecular complexity index is 982. The van der Waals surface area contributed by atoms with Crippen LogP contribution in [0.4, 0.5) is 5.69 Å². The van der Waals surface area contributed by atoms with Gasteiger partial charge in [0.15, 0.2) is 0 Å². The predicted molar refractivity (Wildman–Crippen MR) is 129 cm³/mol. The summed E-state index contributed by atoms with van der Waals surface area (Å²) < 4.78 is 26.5. The van der Waals surface area contributed by atoms with E-state index in [1.165, 1.54) is 15.4 Å². The van der Waals surface area contributed by atoms with Gasteiger partial charge in [0.05, 0.1) is 11.9 Å². The molecule has 0 aromatic heterocycles. The fourth-order valence-corrected chi connectivity index (χ4v) is 4.94. The van der Waals surface area contributed by atoms with E-state index in [4.69, 9.17) is 0 Å². The summed E-state index contributed by atoms with van der Waals surface area (Å²) in [5.41, 5.74) is 4.89. The molecule has 0 saturated heterocycles. The molecule has 2 aromatic rings. The molecule has 0 fully saturated rings. The average molecular weight is 445 g/mol. The van der Waals surface area contributed by atoms with Crippen molar-refractivity contribution in [1.82, 2.24) is 5.32 Å². The first-order valence-corrected chi connectivity index (χ1v) is 12.8. The highest BCUT2D eigenvalue weighted by atomic mass is 32.2. The predicted octanol–water partition coefficient (Wildman–Crippen LogP) is 4.72. The van der Waals surface area contributed by atoms with Gasteiger partial charge in [-0.1, -0.05) is 57.2 Å². The van der Waals surface area contributed by atoms with Crippen LogP contribution in [0.1, 0.15) is 61.8 Å². The van der Waals surface area contributed by atoms with Crippen LogP contribution >= 0.6 is 0 Å². The Morgan fingerprint density at radius 3 is 2.26 bits per heavy atom. The minimum absolute atomic E-state index is 0.260. The van der Waals surface area contributed by atoms with Gasteiger partial charge in [0.2, 0.25) is 15.9 Å². The Kier molecular flexibility index (Phi) is 8.69. The number of anilines is 1. The zero-order valence-electron chi connectivity index (χ0n) is 19.6. The number of aryl methyl sites for hydroxylation is 3. The maximum atomic E-state index is 12.9. The molecular formula is C25H36N2O3S. The van der Waals surface area contributed by atoms with E-state index in [-0.39, 0.29) is 5.91 Å². The standard InChI is InChI=1S/C25H36N2O3S/c1-7-23(27(31(6,29)30)24-17-19(4)10-11-20(24)5)25(28)26-16-8-9-21-12-14-22(15-13-21)18(2)3/h10-15,17-18,23H,7-9,16H2,1-6H3,(H,26,28)/t23-/m0/s1. The van der Waals surface area contributed by atoms with Crippen LogP contribution in [0.2, 0.25) is 0 Å². The van der Waals surface area contributed by atoms with E-state index < -0.39 is 16.1 Å². The molecule has 6 heteroatoms. The van der Waals surface area contributed by atoms with Gasteiger partial charge in [-0.2, -0.15) is 0 Å². The topological polar surface area (TPSA) is 66.5 Å². The molecule has 1 N–H and O–H groups in total. The van der Waals surface area contributed by atoms with Crippen LogP contribution in [-0.2, 0) is 21.2 Å². The summed E-state index contributed by atoms with van der Waals surface area (Å²) in [7, 11) is -3.63. The van der Waals surface area contributed by atoms with E-state index in [9.17, 15) is 13.2 Å². The van der Waals surface area contributed by atoms with E-state index in [0.717, 1.165) is 30.2 Å². The van der Waals surface area contributed by atoms with E-state index in [1.807, 2.05) is 39.0 Å². The van der Waals surface area contributed by atoms with E-state index in [2.05, 4.69) is 43.4 Å². The highest BCUT2D eigenvalue weighted by Gasteiger charge is 2.32. The lowest BCUT2D eigenvalue weighted by Gasteiger charge is -2.31. The molecular weight excluding hydrogens is 408 g/mol. The van der Waals surface area contributed by atoms with Crippen molar-refractivity contribution in [1.29, 1.82) is 0 Å². The molecule has 0 saturated carbocycles. The molecule has 31 heavy (non-hydrogen) atoms. The summed E-state index contributed by atoms with van der Waals surface area (Å²) in [5.74, 6) is 0.248. The van der Waals surface area contributed by atoms with Gasteiger partial charge in [0.1, 0.15) is 6.04 Å². The molecule has 2 rings (SSSR count). The van der Waals surface area contributed by atoms with Crippen molar-refractivity contribution in [2.75, 3.05) is 17.1 Å². The molecule has 170 valence electrons. The summed E-state index contributed by atoms with van der Waals surface area (Å²) >= 11 is 0. The largest absolute Gasteiger partial charge is 0.354 e. The highest BCUT2D eigenvalue weighted by molar-refractivity contribution is 7.92. The monoisotopic (exact) mass is 444 g/mol. The third-order valence-electron chi connectivity index (χ3n) is 5.52. The van der Waals surface area contributed by atoms with E-state index in [0.29, 0.717) is 24.6 Å². The first-order valence-electron chi connectivity index (χ1n) is 11.0. The van der Waals surface area contributed by atoms with Crippen molar-refractivity contribution in [3.05, 3.63) is 64.7 Å². The summed E-state index contributed by atoms with van der Waals surface area (Å²) in [4.78, 5) is 12.9. The zero-order chi connectivity index (χ0) is 23.2. The Hall–Kier alpha value is -2.34. The molecule has 0 bridgehead atoms. The number of carbonyl (C=O) groups excluding carboxylic acids is 1. The molecule has 0 heterocycles. The molecule has 1 atom stereocenters. The summed E-state index contributed by atoms with van der Waals surface area (Å²) in [6, 6.07) is 13.5. The van der Waals surface area contributed by atoms with Crippen molar-refractivity contribution in [2.24, 2.45) is 0 Å². The summed E-state index contributed by atoms with van der Waals surface area (Å²) in [6.45, 7) is 10.5. The molecule has 0 aliphatic carbocycles. The second-order valence-corrected chi connectivity index (χ2v) is 10.4. The lowest BCUT2D eigenvalue weighted by Crippen LogP contribution is -2.49. The van der Waals surface area contributed by atoms with Crippen LogP contribution in [-0.4, -0.2) is 33.2 Å². The van der Waals surface area contributed by atoms with Gasteiger partial charge in [-0.05, 0) is 67.3 Å². The maximum Gasteiger partial charge on any atom is 0.243 e. The maximum absolute atomic E-state index is 12.9. The molecule has 1 amide bonds. The SMILES string of the molecule is CC[C@@H](C(=O)NCCCc1ccc(C(C)C)cc1)N(c1cc(C)ccc1C)S(C)(=O)=O. The van der Waals surface area contributed by atoms with Crippen LogP contribution < -0.4 is 9.62 Å². The fraction of sp³-hybridized carbons (Fsp3) is 0.480.